The number of carbonyl (C=O) groups is 3. The average Bonchev–Trinajstić information content (AvgIpc) is 2.91. The first-order valence-electron chi connectivity index (χ1n) is 13.1. The largest absolute Gasteiger partial charge is 0.493 e. The van der Waals surface area contributed by atoms with Crippen molar-refractivity contribution in [1.82, 2.24) is 10.2 Å². The molecule has 0 heterocycles. The molecule has 0 saturated heterocycles. The molecule has 0 aromatic heterocycles. The maximum atomic E-state index is 13.7. The van der Waals surface area contributed by atoms with Gasteiger partial charge in [-0.25, -0.2) is 0 Å². The Kier molecular flexibility index (Phi) is 13.7. The Hall–Kier alpha value is -2.39. The first-order valence-corrected chi connectivity index (χ1v) is 14.2. The van der Waals surface area contributed by atoms with E-state index in [-0.39, 0.29) is 48.6 Å². The fourth-order valence-corrected chi connectivity index (χ4v) is 5.20. The minimum atomic E-state index is -4.75. The van der Waals surface area contributed by atoms with E-state index < -0.39 is 42.8 Å². The summed E-state index contributed by atoms with van der Waals surface area (Å²) < 4.78 is 52.7. The lowest BCUT2D eigenvalue weighted by Crippen LogP contribution is -2.57. The van der Waals surface area contributed by atoms with E-state index in [9.17, 15) is 32.7 Å². The van der Waals surface area contributed by atoms with E-state index >= 15 is 0 Å². The predicted molar refractivity (Wildman–Crippen MR) is 149 cm³/mol. The third-order valence-electron chi connectivity index (χ3n) is 6.42. The molecule has 3 N–H and O–H groups in total. The molecule has 1 aromatic rings. The molecule has 0 aliphatic heterocycles. The summed E-state index contributed by atoms with van der Waals surface area (Å²) in [6.45, 7) is -0.0408. The van der Waals surface area contributed by atoms with Gasteiger partial charge in [0, 0.05) is 30.5 Å². The van der Waals surface area contributed by atoms with Crippen LogP contribution in [0, 0.1) is 3.57 Å². The van der Waals surface area contributed by atoms with Gasteiger partial charge in [0.15, 0.2) is 11.5 Å². The van der Waals surface area contributed by atoms with E-state index in [4.69, 9.17) is 14.6 Å². The van der Waals surface area contributed by atoms with Gasteiger partial charge in [-0.1, -0.05) is 32.6 Å². The SMILES string of the molecule is CCCCCCCC(=O)N(CC(F)(F)F)C1CC(C(=O)NCCO)=CC(Oc2c(I)cc(C=O)cc2OC)C1O. The number of unbranched alkanes of at least 4 members (excludes halogenated alkanes) is 4. The molecule has 0 spiro atoms. The fraction of sp³-hybridized carbons (Fsp3) is 0.593. The maximum Gasteiger partial charge on any atom is 0.406 e. The minimum Gasteiger partial charge on any atom is -0.493 e. The van der Waals surface area contributed by atoms with Gasteiger partial charge < -0.3 is 29.9 Å². The monoisotopic (exact) mass is 684 g/mol. The van der Waals surface area contributed by atoms with Crippen molar-refractivity contribution in [3.8, 4) is 11.5 Å². The summed E-state index contributed by atoms with van der Waals surface area (Å²) >= 11 is 1.88. The number of amides is 2. The molecule has 1 aromatic carbocycles. The number of nitrogens with one attached hydrogen (secondary N) is 1. The van der Waals surface area contributed by atoms with E-state index in [1.165, 1.54) is 25.3 Å². The zero-order valence-electron chi connectivity index (χ0n) is 22.5. The van der Waals surface area contributed by atoms with Gasteiger partial charge in [-0.2, -0.15) is 13.2 Å². The number of hydrogen-bond donors (Lipinski definition) is 3. The second-order valence-corrected chi connectivity index (χ2v) is 10.6. The molecular formula is C27H36F3IN2O7. The first kappa shape index (κ1) is 33.8. The van der Waals surface area contributed by atoms with Crippen LogP contribution in [0.2, 0.25) is 0 Å². The zero-order valence-corrected chi connectivity index (χ0v) is 24.7. The smallest absolute Gasteiger partial charge is 0.406 e. The van der Waals surface area contributed by atoms with E-state index in [1.807, 2.05) is 29.5 Å². The second-order valence-electron chi connectivity index (χ2n) is 9.47. The molecule has 40 heavy (non-hydrogen) atoms. The fourth-order valence-electron chi connectivity index (χ4n) is 4.44. The summed E-state index contributed by atoms with van der Waals surface area (Å²) in [5, 5.41) is 22.8. The highest BCUT2D eigenvalue weighted by molar-refractivity contribution is 14.1. The summed E-state index contributed by atoms with van der Waals surface area (Å²) in [6.07, 6.45) is -2.47. The van der Waals surface area contributed by atoms with Gasteiger partial charge in [-0.15, -0.1) is 0 Å². The van der Waals surface area contributed by atoms with Crippen LogP contribution < -0.4 is 14.8 Å². The highest BCUT2D eigenvalue weighted by atomic mass is 127. The van der Waals surface area contributed by atoms with E-state index in [0.29, 0.717) is 27.6 Å². The number of benzene rings is 1. The topological polar surface area (TPSA) is 125 Å². The highest BCUT2D eigenvalue weighted by Gasteiger charge is 2.44. The Balaban J connectivity index is 2.46. The molecule has 9 nitrogen and oxygen atoms in total. The van der Waals surface area contributed by atoms with Crippen LogP contribution in [0.4, 0.5) is 13.2 Å². The lowest BCUT2D eigenvalue weighted by atomic mass is 9.87. The number of rotatable bonds is 15. The van der Waals surface area contributed by atoms with Crippen LogP contribution in [-0.4, -0.2) is 84.4 Å². The predicted octanol–water partition coefficient (Wildman–Crippen LogP) is 3.78. The number of aliphatic hydroxyl groups excluding tert-OH is 2. The molecule has 0 bridgehead atoms. The number of nitrogens with zero attached hydrogens (tertiary/aromatic N) is 1. The molecule has 13 heteroatoms. The number of methoxy groups -OCH3 is 1. The van der Waals surface area contributed by atoms with Crippen LogP contribution in [0.25, 0.3) is 0 Å². The first-order chi connectivity index (χ1) is 18.9. The highest BCUT2D eigenvalue weighted by Crippen LogP contribution is 2.37. The Morgan fingerprint density at radius 2 is 1.93 bits per heavy atom. The van der Waals surface area contributed by atoms with Gasteiger partial charge in [-0.3, -0.25) is 14.4 Å². The number of aliphatic hydroxyl groups is 2. The lowest BCUT2D eigenvalue weighted by Gasteiger charge is -2.41. The van der Waals surface area contributed by atoms with Crippen LogP contribution in [0.3, 0.4) is 0 Å². The molecule has 1 aliphatic carbocycles. The normalized spacial score (nSPS) is 19.0. The number of carbonyl (C=O) groups excluding carboxylic acids is 3. The molecule has 0 saturated carbocycles. The van der Waals surface area contributed by atoms with E-state index in [2.05, 4.69) is 5.32 Å². The third-order valence-corrected chi connectivity index (χ3v) is 7.22. The summed E-state index contributed by atoms with van der Waals surface area (Å²) in [7, 11) is 1.33. The van der Waals surface area contributed by atoms with Gasteiger partial charge in [0.1, 0.15) is 25.0 Å². The third kappa shape index (κ3) is 9.91. The molecule has 0 fully saturated rings. The van der Waals surface area contributed by atoms with Crippen molar-refractivity contribution < 1.29 is 47.2 Å². The Bertz CT molecular complexity index is 1050. The summed E-state index contributed by atoms with van der Waals surface area (Å²) in [5.74, 6) is -1.21. The van der Waals surface area contributed by atoms with Crippen molar-refractivity contribution in [3.63, 3.8) is 0 Å². The van der Waals surface area contributed by atoms with E-state index in [1.54, 1.807) is 0 Å². The number of ether oxygens (including phenoxy) is 2. The van der Waals surface area contributed by atoms with Crippen molar-refractivity contribution in [2.75, 3.05) is 26.8 Å². The lowest BCUT2D eigenvalue weighted by molar-refractivity contribution is -0.172. The maximum absolute atomic E-state index is 13.7. The number of halogens is 4. The van der Waals surface area contributed by atoms with Crippen molar-refractivity contribution in [1.29, 1.82) is 0 Å². The van der Waals surface area contributed by atoms with Gasteiger partial charge in [0.25, 0.3) is 0 Å². The molecular weight excluding hydrogens is 648 g/mol. The second kappa shape index (κ2) is 16.2. The number of aldehydes is 1. The molecule has 224 valence electrons. The summed E-state index contributed by atoms with van der Waals surface area (Å²) in [4.78, 5) is 37.8. The summed E-state index contributed by atoms with van der Waals surface area (Å²) in [6, 6.07) is 1.47. The van der Waals surface area contributed by atoms with Crippen LogP contribution in [0.5, 0.6) is 11.5 Å². The van der Waals surface area contributed by atoms with Gasteiger partial charge in [0.2, 0.25) is 11.8 Å². The molecule has 1 aliphatic rings. The molecule has 2 rings (SSSR count). The van der Waals surface area contributed by atoms with Crippen molar-refractivity contribution in [2.24, 2.45) is 0 Å². The Morgan fingerprint density at radius 1 is 1.23 bits per heavy atom. The van der Waals surface area contributed by atoms with Crippen LogP contribution in [0.1, 0.15) is 62.2 Å². The molecule has 0 radical (unpaired) electrons. The number of hydrogen-bond acceptors (Lipinski definition) is 7. The quantitative estimate of drug-likeness (QED) is 0.146. The van der Waals surface area contributed by atoms with Crippen molar-refractivity contribution >= 4 is 40.7 Å². The van der Waals surface area contributed by atoms with Gasteiger partial charge in [0.05, 0.1) is 23.3 Å². The molecule has 2 amide bonds. The van der Waals surface area contributed by atoms with Crippen molar-refractivity contribution in [2.45, 2.75) is 76.3 Å². The Morgan fingerprint density at radius 3 is 2.52 bits per heavy atom. The number of alkyl halides is 3. The molecule has 3 atom stereocenters. The van der Waals surface area contributed by atoms with Crippen LogP contribution in [0.15, 0.2) is 23.8 Å². The average molecular weight is 684 g/mol. The molecule has 3 unspecified atom stereocenters. The van der Waals surface area contributed by atoms with E-state index in [0.717, 1.165) is 19.3 Å². The van der Waals surface area contributed by atoms with Gasteiger partial charge >= 0.3 is 6.18 Å². The van der Waals surface area contributed by atoms with Gasteiger partial charge in [-0.05, 0) is 47.2 Å². The standard InChI is InChI=1S/C27H36F3IN2O7/c1-3-4-5-6-7-8-23(36)33(16-27(28,29)30)20-13-18(26(38)32-9-10-34)14-21(24(20)37)40-25-19(31)11-17(15-35)12-22(25)39-2/h11-12,14-15,20-21,24,34,37H,3-10,13,16H2,1-2H3,(H,32,38). The van der Waals surface area contributed by atoms with Crippen LogP contribution in [-0.2, 0) is 9.59 Å². The Labute approximate surface area is 245 Å². The minimum absolute atomic E-state index is 0.00448. The zero-order chi connectivity index (χ0) is 29.9. The summed E-state index contributed by atoms with van der Waals surface area (Å²) in [5.41, 5.74) is 0.284. The van der Waals surface area contributed by atoms with Crippen molar-refractivity contribution in [3.05, 3.63) is 32.9 Å². The van der Waals surface area contributed by atoms with Crippen LogP contribution >= 0.6 is 22.6 Å².